The molecule has 0 fully saturated rings. The van der Waals surface area contributed by atoms with E-state index in [1.807, 2.05) is 18.2 Å². The van der Waals surface area contributed by atoms with E-state index in [9.17, 15) is 0 Å². The molecule has 0 heterocycles. The van der Waals surface area contributed by atoms with E-state index in [0.717, 1.165) is 22.2 Å². The lowest BCUT2D eigenvalue weighted by Crippen LogP contribution is -1.89. The van der Waals surface area contributed by atoms with Crippen LogP contribution in [0, 0.1) is 11.8 Å². The van der Waals surface area contributed by atoms with Crippen LogP contribution in [0.15, 0.2) is 22.7 Å². The Morgan fingerprint density at radius 2 is 2.23 bits per heavy atom. The molecular formula is C10H10BrNS. The summed E-state index contributed by atoms with van der Waals surface area (Å²) in [6.07, 6.45) is 0.790. The fourth-order valence-corrected chi connectivity index (χ4v) is 1.35. The molecule has 0 aliphatic rings. The monoisotopic (exact) mass is 255 g/mol. The quantitative estimate of drug-likeness (QED) is 0.451. The molecule has 1 rings (SSSR count). The van der Waals surface area contributed by atoms with Crippen molar-refractivity contribution < 1.29 is 0 Å². The van der Waals surface area contributed by atoms with E-state index < -0.39 is 0 Å². The topological polar surface area (TPSA) is 26.0 Å². The molecule has 0 aromatic heterocycles. The fourth-order valence-electron chi connectivity index (χ4n) is 0.861. The predicted octanol–water partition coefficient (Wildman–Crippen LogP) is 2.70. The summed E-state index contributed by atoms with van der Waals surface area (Å²) in [4.78, 5) is 0. The highest BCUT2D eigenvalue weighted by molar-refractivity contribution is 9.10. The van der Waals surface area contributed by atoms with Crippen molar-refractivity contribution in [1.82, 2.24) is 0 Å². The van der Waals surface area contributed by atoms with Gasteiger partial charge in [-0.25, -0.2) is 0 Å². The zero-order chi connectivity index (χ0) is 9.68. The number of anilines is 1. The number of nitrogen functional groups attached to an aromatic ring is 1. The van der Waals surface area contributed by atoms with E-state index in [-0.39, 0.29) is 0 Å². The third kappa shape index (κ3) is 3.33. The molecule has 0 saturated heterocycles. The van der Waals surface area contributed by atoms with E-state index in [1.54, 1.807) is 0 Å². The lowest BCUT2D eigenvalue weighted by Gasteiger charge is -1.97. The maximum Gasteiger partial charge on any atom is 0.0484 e. The van der Waals surface area contributed by atoms with E-state index >= 15 is 0 Å². The minimum Gasteiger partial charge on any atom is -0.398 e. The van der Waals surface area contributed by atoms with Crippen LogP contribution >= 0.6 is 28.6 Å². The number of hydrogen-bond acceptors (Lipinski definition) is 2. The number of rotatable bonds is 1. The minimum absolute atomic E-state index is 0.709. The Kier molecular flexibility index (Phi) is 4.20. The summed E-state index contributed by atoms with van der Waals surface area (Å²) in [6.45, 7) is 0. The average molecular weight is 256 g/mol. The smallest absolute Gasteiger partial charge is 0.0484 e. The van der Waals surface area contributed by atoms with Crippen LogP contribution in [0.3, 0.4) is 0 Å². The number of hydrogen-bond donors (Lipinski definition) is 2. The van der Waals surface area contributed by atoms with Gasteiger partial charge in [-0.2, -0.15) is 12.6 Å². The Morgan fingerprint density at radius 3 is 2.85 bits per heavy atom. The highest BCUT2D eigenvalue weighted by atomic mass is 79.9. The Bertz CT molecular complexity index is 352. The normalized spacial score (nSPS) is 9.08. The van der Waals surface area contributed by atoms with Crippen molar-refractivity contribution in [2.24, 2.45) is 0 Å². The molecule has 0 saturated carbocycles. The van der Waals surface area contributed by atoms with Crippen molar-refractivity contribution in [3.05, 3.63) is 28.2 Å². The van der Waals surface area contributed by atoms with Crippen LogP contribution in [-0.2, 0) is 0 Å². The molecule has 2 N–H and O–H groups in total. The van der Waals surface area contributed by atoms with Crippen LogP contribution in [0.2, 0.25) is 0 Å². The summed E-state index contributed by atoms with van der Waals surface area (Å²) >= 11 is 7.41. The summed E-state index contributed by atoms with van der Waals surface area (Å²) in [5.74, 6) is 6.77. The van der Waals surface area contributed by atoms with Gasteiger partial charge in [-0.05, 0) is 18.2 Å². The summed E-state index contributed by atoms with van der Waals surface area (Å²) < 4.78 is 0.977. The Morgan fingerprint density at radius 1 is 1.46 bits per heavy atom. The largest absolute Gasteiger partial charge is 0.398 e. The van der Waals surface area contributed by atoms with Crippen LogP contribution in [0.25, 0.3) is 0 Å². The molecule has 0 spiro atoms. The molecule has 0 bridgehead atoms. The summed E-state index contributed by atoms with van der Waals surface area (Å²) in [7, 11) is 0. The van der Waals surface area contributed by atoms with Crippen LogP contribution < -0.4 is 5.73 Å². The lowest BCUT2D eigenvalue weighted by molar-refractivity contribution is 1.31. The van der Waals surface area contributed by atoms with Crippen molar-refractivity contribution in [3.8, 4) is 11.8 Å². The van der Waals surface area contributed by atoms with Crippen molar-refractivity contribution in [2.45, 2.75) is 6.42 Å². The van der Waals surface area contributed by atoms with Gasteiger partial charge < -0.3 is 5.73 Å². The Balaban J connectivity index is 2.85. The first-order chi connectivity index (χ1) is 6.24. The third-order valence-corrected chi connectivity index (χ3v) is 2.19. The first-order valence-electron chi connectivity index (χ1n) is 3.89. The van der Waals surface area contributed by atoms with E-state index in [1.165, 1.54) is 0 Å². The van der Waals surface area contributed by atoms with Crippen LogP contribution in [0.5, 0.6) is 0 Å². The predicted molar refractivity (Wildman–Crippen MR) is 63.9 cm³/mol. The molecule has 0 atom stereocenters. The average Bonchev–Trinajstić information content (AvgIpc) is 2.09. The molecule has 0 unspecified atom stereocenters. The summed E-state index contributed by atoms with van der Waals surface area (Å²) in [5.41, 5.74) is 7.34. The first kappa shape index (κ1) is 10.5. The van der Waals surface area contributed by atoms with Crippen molar-refractivity contribution >= 4 is 34.2 Å². The number of nitrogens with two attached hydrogens (primary N) is 1. The molecule has 1 aromatic rings. The number of benzene rings is 1. The molecule has 3 heteroatoms. The molecule has 0 aliphatic heterocycles. The van der Waals surface area contributed by atoms with Crippen LogP contribution in [0.4, 0.5) is 5.69 Å². The minimum atomic E-state index is 0.709. The van der Waals surface area contributed by atoms with Gasteiger partial charge in [-0.15, -0.1) is 0 Å². The van der Waals surface area contributed by atoms with Gasteiger partial charge in [0.25, 0.3) is 0 Å². The van der Waals surface area contributed by atoms with Gasteiger partial charge in [0.2, 0.25) is 0 Å². The maximum atomic E-state index is 5.75. The second kappa shape index (κ2) is 5.21. The molecule has 1 aromatic carbocycles. The fraction of sp³-hybridized carbons (Fsp3) is 0.200. The third-order valence-electron chi connectivity index (χ3n) is 1.47. The van der Waals surface area contributed by atoms with Gasteiger partial charge in [0.1, 0.15) is 0 Å². The zero-order valence-electron chi connectivity index (χ0n) is 7.05. The highest BCUT2D eigenvalue weighted by Crippen LogP contribution is 2.17. The van der Waals surface area contributed by atoms with E-state index in [0.29, 0.717) is 5.69 Å². The van der Waals surface area contributed by atoms with Gasteiger partial charge in [0.05, 0.1) is 0 Å². The van der Waals surface area contributed by atoms with Crippen molar-refractivity contribution in [3.63, 3.8) is 0 Å². The van der Waals surface area contributed by atoms with E-state index in [2.05, 4.69) is 40.4 Å². The van der Waals surface area contributed by atoms with Gasteiger partial charge in [0, 0.05) is 27.9 Å². The lowest BCUT2D eigenvalue weighted by atomic mass is 10.2. The van der Waals surface area contributed by atoms with Crippen LogP contribution in [0.1, 0.15) is 12.0 Å². The summed E-state index contributed by atoms with van der Waals surface area (Å²) in [6, 6.07) is 5.69. The van der Waals surface area contributed by atoms with Crippen molar-refractivity contribution in [2.75, 3.05) is 11.5 Å². The number of thiol groups is 1. The molecule has 13 heavy (non-hydrogen) atoms. The van der Waals surface area contributed by atoms with Gasteiger partial charge in [-0.3, -0.25) is 0 Å². The van der Waals surface area contributed by atoms with Gasteiger partial charge >= 0.3 is 0 Å². The first-order valence-corrected chi connectivity index (χ1v) is 5.31. The Hall–Kier alpha value is -0.590. The van der Waals surface area contributed by atoms with Crippen molar-refractivity contribution in [1.29, 1.82) is 0 Å². The molecule has 1 nitrogen and oxygen atoms in total. The molecule has 0 amide bonds. The zero-order valence-corrected chi connectivity index (χ0v) is 9.53. The standard InChI is InChI=1S/C10H10BrNS/c11-9-5-4-8(10(12)7-9)3-1-2-6-13/h4-5,7,13H,2,6,12H2. The molecular weight excluding hydrogens is 246 g/mol. The molecule has 0 aliphatic carbocycles. The Labute approximate surface area is 92.3 Å². The highest BCUT2D eigenvalue weighted by Gasteiger charge is 1.94. The molecule has 0 radical (unpaired) electrons. The van der Waals surface area contributed by atoms with Gasteiger partial charge in [-0.1, -0.05) is 27.8 Å². The van der Waals surface area contributed by atoms with E-state index in [4.69, 9.17) is 5.73 Å². The molecule has 68 valence electrons. The van der Waals surface area contributed by atoms with Crippen LogP contribution in [-0.4, -0.2) is 5.75 Å². The second-order valence-corrected chi connectivity index (χ2v) is 3.87. The SMILES string of the molecule is Nc1cc(Br)ccc1C#CCCS. The summed E-state index contributed by atoms with van der Waals surface area (Å²) in [5, 5.41) is 0. The number of halogens is 1. The second-order valence-electron chi connectivity index (χ2n) is 2.51. The van der Waals surface area contributed by atoms with Gasteiger partial charge in [0.15, 0.2) is 0 Å². The maximum absolute atomic E-state index is 5.75.